The maximum atomic E-state index is 12.8. The number of aryl methyl sites for hydroxylation is 1. The average Bonchev–Trinajstić information content (AvgIpc) is 3.47. The number of anilines is 1. The lowest BCUT2D eigenvalue weighted by molar-refractivity contribution is -0.0586. The third kappa shape index (κ3) is 5.55. The highest BCUT2D eigenvalue weighted by molar-refractivity contribution is 7.18. The van der Waals surface area contributed by atoms with E-state index in [0.717, 1.165) is 11.1 Å². The number of nitrogens with one attached hydrogen (secondary N) is 2. The van der Waals surface area contributed by atoms with Crippen molar-refractivity contribution in [3.05, 3.63) is 76.1 Å². The van der Waals surface area contributed by atoms with Gasteiger partial charge < -0.3 is 24.7 Å². The first-order valence-corrected chi connectivity index (χ1v) is 11.9. The van der Waals surface area contributed by atoms with Gasteiger partial charge in [-0.15, -0.1) is 11.3 Å². The van der Waals surface area contributed by atoms with Crippen LogP contribution in [0.4, 0.5) is 5.00 Å². The molecular weight excluding hydrogens is 454 g/mol. The summed E-state index contributed by atoms with van der Waals surface area (Å²) in [5.41, 5.74) is 2.27. The second kappa shape index (κ2) is 10.2. The van der Waals surface area contributed by atoms with Gasteiger partial charge in [-0.3, -0.25) is 14.4 Å². The summed E-state index contributed by atoms with van der Waals surface area (Å²) < 4.78 is 10.8. The second-order valence-corrected chi connectivity index (χ2v) is 9.45. The third-order valence-electron chi connectivity index (χ3n) is 5.47. The normalized spacial score (nSPS) is 17.9. The molecule has 34 heavy (non-hydrogen) atoms. The van der Waals surface area contributed by atoms with E-state index >= 15 is 0 Å². The van der Waals surface area contributed by atoms with Crippen molar-refractivity contribution in [2.75, 3.05) is 18.4 Å². The molecule has 4 rings (SSSR count). The zero-order valence-electron chi connectivity index (χ0n) is 19.3. The third-order valence-corrected chi connectivity index (χ3v) is 6.62. The summed E-state index contributed by atoms with van der Waals surface area (Å²) in [5.74, 6) is -0.404. The molecule has 2 aromatic heterocycles. The van der Waals surface area contributed by atoms with Crippen molar-refractivity contribution in [2.24, 2.45) is 0 Å². The smallest absolute Gasteiger partial charge is 0.291 e. The largest absolute Gasteiger partial charge is 0.459 e. The van der Waals surface area contributed by atoms with Gasteiger partial charge >= 0.3 is 0 Å². The van der Waals surface area contributed by atoms with Crippen LogP contribution in [-0.2, 0) is 11.3 Å². The molecule has 2 atom stereocenters. The van der Waals surface area contributed by atoms with Crippen molar-refractivity contribution < 1.29 is 23.5 Å². The Kier molecular flexibility index (Phi) is 7.14. The maximum absolute atomic E-state index is 12.8. The Bertz CT molecular complexity index is 1160. The average molecular weight is 482 g/mol. The molecule has 0 radical (unpaired) electrons. The first kappa shape index (κ1) is 23.7. The number of benzene rings is 1. The van der Waals surface area contributed by atoms with E-state index in [9.17, 15) is 14.4 Å². The van der Waals surface area contributed by atoms with Crippen LogP contribution in [0.25, 0.3) is 0 Å². The quantitative estimate of drug-likeness (QED) is 0.553. The van der Waals surface area contributed by atoms with Crippen molar-refractivity contribution in [1.82, 2.24) is 10.2 Å². The van der Waals surface area contributed by atoms with Gasteiger partial charge in [0, 0.05) is 25.2 Å². The maximum Gasteiger partial charge on any atom is 0.291 e. The number of nitrogens with zero attached hydrogens (tertiary/aromatic N) is 1. The lowest BCUT2D eigenvalue weighted by atomic mass is 10.1. The number of carbonyl (C=O) groups is 3. The number of amides is 3. The van der Waals surface area contributed by atoms with E-state index in [1.807, 2.05) is 37.8 Å². The first-order chi connectivity index (χ1) is 16.3. The Morgan fingerprint density at radius 2 is 1.76 bits per heavy atom. The summed E-state index contributed by atoms with van der Waals surface area (Å²) in [5, 5.41) is 6.22. The van der Waals surface area contributed by atoms with Crippen LogP contribution < -0.4 is 10.6 Å². The zero-order valence-corrected chi connectivity index (χ0v) is 20.1. The molecule has 2 N–H and O–H groups in total. The Hall–Kier alpha value is -3.43. The summed E-state index contributed by atoms with van der Waals surface area (Å²) in [6, 6.07) is 12.2. The van der Waals surface area contributed by atoms with Crippen LogP contribution in [0.5, 0.6) is 0 Å². The molecule has 1 aliphatic rings. The fraction of sp³-hybridized carbons (Fsp3) is 0.320. The summed E-state index contributed by atoms with van der Waals surface area (Å²) in [6.07, 6.45) is 1.46. The molecule has 0 bridgehead atoms. The topological polar surface area (TPSA) is 101 Å². The molecule has 2 unspecified atom stereocenters. The molecule has 178 valence electrons. The van der Waals surface area contributed by atoms with E-state index in [2.05, 4.69) is 10.6 Å². The number of carbonyl (C=O) groups excluding carboxylic acids is 3. The predicted octanol–water partition coefficient (Wildman–Crippen LogP) is 4.08. The molecule has 1 saturated heterocycles. The van der Waals surface area contributed by atoms with E-state index in [1.165, 1.54) is 17.6 Å². The molecule has 9 heteroatoms. The van der Waals surface area contributed by atoms with Gasteiger partial charge in [-0.05, 0) is 62.2 Å². The van der Waals surface area contributed by atoms with Gasteiger partial charge in [0.1, 0.15) is 0 Å². The lowest BCUT2D eigenvalue weighted by Gasteiger charge is -2.35. The Morgan fingerprint density at radius 3 is 2.41 bits per heavy atom. The fourth-order valence-electron chi connectivity index (χ4n) is 3.90. The number of furan rings is 1. The fourth-order valence-corrected chi connectivity index (χ4v) is 4.89. The highest BCUT2D eigenvalue weighted by Gasteiger charge is 2.26. The van der Waals surface area contributed by atoms with Gasteiger partial charge in [0.15, 0.2) is 5.76 Å². The van der Waals surface area contributed by atoms with E-state index in [1.54, 1.807) is 30.3 Å². The van der Waals surface area contributed by atoms with E-state index in [4.69, 9.17) is 9.15 Å². The second-order valence-electron chi connectivity index (χ2n) is 8.40. The minimum absolute atomic E-state index is 0.0156. The van der Waals surface area contributed by atoms with Crippen LogP contribution in [-0.4, -0.2) is 47.9 Å². The minimum Gasteiger partial charge on any atom is -0.459 e. The molecule has 0 saturated carbocycles. The summed E-state index contributed by atoms with van der Waals surface area (Å²) in [7, 11) is 0. The highest BCUT2D eigenvalue weighted by atomic mass is 32.1. The van der Waals surface area contributed by atoms with Crippen LogP contribution in [0, 0.1) is 6.92 Å². The van der Waals surface area contributed by atoms with Crippen molar-refractivity contribution in [3.63, 3.8) is 0 Å². The minimum atomic E-state index is -0.367. The van der Waals surface area contributed by atoms with Gasteiger partial charge in [-0.1, -0.05) is 12.1 Å². The van der Waals surface area contributed by atoms with Crippen LogP contribution >= 0.6 is 11.3 Å². The van der Waals surface area contributed by atoms with Crippen LogP contribution in [0.3, 0.4) is 0 Å². The summed E-state index contributed by atoms with van der Waals surface area (Å²) >= 11 is 1.20. The molecule has 3 heterocycles. The summed E-state index contributed by atoms with van der Waals surface area (Å²) in [4.78, 5) is 40.0. The molecule has 3 amide bonds. The number of hydrogen-bond acceptors (Lipinski definition) is 6. The van der Waals surface area contributed by atoms with Crippen LogP contribution in [0.15, 0.2) is 53.1 Å². The predicted molar refractivity (Wildman–Crippen MR) is 129 cm³/mol. The van der Waals surface area contributed by atoms with Crippen LogP contribution in [0.1, 0.15) is 55.6 Å². The van der Waals surface area contributed by atoms with E-state index in [0.29, 0.717) is 35.1 Å². The Labute approximate surface area is 201 Å². The number of ether oxygens (including phenoxy) is 1. The molecule has 1 fully saturated rings. The molecular formula is C25H27N3O5S. The number of hydrogen-bond donors (Lipinski definition) is 2. The Morgan fingerprint density at radius 1 is 1.06 bits per heavy atom. The summed E-state index contributed by atoms with van der Waals surface area (Å²) in [6.45, 7) is 7.22. The van der Waals surface area contributed by atoms with Crippen molar-refractivity contribution in [2.45, 2.75) is 39.5 Å². The van der Waals surface area contributed by atoms with E-state index in [-0.39, 0.29) is 35.7 Å². The number of thiophene rings is 1. The molecule has 0 aliphatic carbocycles. The van der Waals surface area contributed by atoms with Gasteiger partial charge in [0.05, 0.1) is 28.3 Å². The van der Waals surface area contributed by atoms with Crippen molar-refractivity contribution >= 4 is 34.1 Å². The lowest BCUT2D eigenvalue weighted by Crippen LogP contribution is -2.48. The molecule has 8 nitrogen and oxygen atoms in total. The van der Waals surface area contributed by atoms with Gasteiger partial charge in [-0.2, -0.15) is 0 Å². The van der Waals surface area contributed by atoms with Gasteiger partial charge in [0.2, 0.25) is 0 Å². The van der Waals surface area contributed by atoms with Gasteiger partial charge in [0.25, 0.3) is 17.7 Å². The van der Waals surface area contributed by atoms with E-state index < -0.39 is 0 Å². The Balaban J connectivity index is 1.33. The monoisotopic (exact) mass is 481 g/mol. The molecule has 1 aliphatic heterocycles. The first-order valence-electron chi connectivity index (χ1n) is 11.1. The highest BCUT2D eigenvalue weighted by Crippen LogP contribution is 2.27. The standard InChI is InChI=1S/C25H27N3O5S/c1-15-11-21(27-23(29)20-5-4-10-32-20)34-22(15)24(30)26-12-18-6-8-19(9-7-18)25(31)28-13-16(2)33-17(3)14-28/h4-11,16-17H,12-14H2,1-3H3,(H,26,30)(H,27,29). The van der Waals surface area contributed by atoms with Crippen LogP contribution in [0.2, 0.25) is 0 Å². The molecule has 3 aromatic rings. The van der Waals surface area contributed by atoms with Crippen molar-refractivity contribution in [3.8, 4) is 0 Å². The number of rotatable bonds is 6. The molecule has 1 aromatic carbocycles. The molecule has 0 spiro atoms. The number of morpholine rings is 1. The zero-order chi connectivity index (χ0) is 24.2. The van der Waals surface area contributed by atoms with Gasteiger partial charge in [-0.25, -0.2) is 0 Å². The SMILES string of the molecule is Cc1cc(NC(=O)c2ccco2)sc1C(=O)NCc1ccc(C(=O)N2CC(C)OC(C)C2)cc1. The van der Waals surface area contributed by atoms with Crippen molar-refractivity contribution in [1.29, 1.82) is 0 Å².